The van der Waals surface area contributed by atoms with Crippen LogP contribution >= 0.6 is 0 Å². The van der Waals surface area contributed by atoms with Gasteiger partial charge in [-0.3, -0.25) is 9.69 Å². The molecule has 4 rings (SSSR count). The summed E-state index contributed by atoms with van der Waals surface area (Å²) in [4.78, 5) is 25.5. The van der Waals surface area contributed by atoms with Gasteiger partial charge in [-0.15, -0.1) is 0 Å². The van der Waals surface area contributed by atoms with Crippen molar-refractivity contribution in [2.24, 2.45) is 0 Å². The highest BCUT2D eigenvalue weighted by atomic mass is 16.2. The Labute approximate surface area is 142 Å². The fourth-order valence-electron chi connectivity index (χ4n) is 4.08. The number of likely N-dealkylation sites (tertiary alicyclic amines) is 2. The van der Waals surface area contributed by atoms with Crippen molar-refractivity contribution in [3.05, 3.63) is 54.1 Å². The largest absolute Gasteiger partial charge is 0.347 e. The number of hydrogen-bond donors (Lipinski definition) is 1. The Kier molecular flexibility index (Phi) is 4.34. The number of H-pyrrole nitrogens is 1. The van der Waals surface area contributed by atoms with E-state index in [1.807, 2.05) is 29.3 Å². The Bertz CT molecular complexity index is 664. The van der Waals surface area contributed by atoms with Crippen LogP contribution in [-0.2, 0) is 4.79 Å². The number of aromatic nitrogens is 2. The molecule has 2 aliphatic rings. The van der Waals surface area contributed by atoms with Gasteiger partial charge < -0.3 is 9.88 Å². The van der Waals surface area contributed by atoms with Crippen LogP contribution in [0.25, 0.3) is 0 Å². The molecule has 5 heteroatoms. The molecular weight excluding hydrogens is 300 g/mol. The lowest BCUT2D eigenvalue weighted by Gasteiger charge is -2.33. The van der Waals surface area contributed by atoms with Gasteiger partial charge in [0.1, 0.15) is 11.9 Å². The quantitative estimate of drug-likeness (QED) is 0.941. The summed E-state index contributed by atoms with van der Waals surface area (Å²) in [7, 11) is 0. The van der Waals surface area contributed by atoms with Crippen molar-refractivity contribution in [3.63, 3.8) is 0 Å². The van der Waals surface area contributed by atoms with Crippen LogP contribution in [0, 0.1) is 0 Å². The third-order valence-electron chi connectivity index (χ3n) is 5.23. The molecule has 2 atom stereocenters. The molecule has 0 aliphatic carbocycles. The predicted molar refractivity (Wildman–Crippen MR) is 92.3 cm³/mol. The fourth-order valence-corrected chi connectivity index (χ4v) is 4.08. The first-order valence-corrected chi connectivity index (χ1v) is 8.93. The lowest BCUT2D eigenvalue weighted by molar-refractivity contribution is -0.138. The monoisotopic (exact) mass is 324 g/mol. The highest BCUT2D eigenvalue weighted by molar-refractivity contribution is 5.84. The minimum Gasteiger partial charge on any atom is -0.347 e. The highest BCUT2D eigenvalue weighted by Crippen LogP contribution is 2.35. The maximum absolute atomic E-state index is 13.5. The Balaban J connectivity index is 1.63. The van der Waals surface area contributed by atoms with Crippen LogP contribution in [0.3, 0.4) is 0 Å². The summed E-state index contributed by atoms with van der Waals surface area (Å²) in [5.41, 5.74) is 1.11. The van der Waals surface area contributed by atoms with Gasteiger partial charge in [0.2, 0.25) is 5.91 Å². The number of amides is 1. The van der Waals surface area contributed by atoms with Gasteiger partial charge >= 0.3 is 0 Å². The Hall–Kier alpha value is -2.14. The number of imidazole rings is 1. The molecule has 2 saturated heterocycles. The fraction of sp³-hybridized carbons (Fsp3) is 0.474. The van der Waals surface area contributed by atoms with E-state index in [9.17, 15) is 4.79 Å². The molecule has 2 fully saturated rings. The third kappa shape index (κ3) is 2.84. The van der Waals surface area contributed by atoms with Gasteiger partial charge in [-0.05, 0) is 44.3 Å². The van der Waals surface area contributed by atoms with Crippen molar-refractivity contribution in [2.45, 2.75) is 37.8 Å². The topological polar surface area (TPSA) is 52.2 Å². The number of hydrogen-bond acceptors (Lipinski definition) is 3. The summed E-state index contributed by atoms with van der Waals surface area (Å²) in [6.07, 6.45) is 7.99. The van der Waals surface area contributed by atoms with Crippen LogP contribution in [0.15, 0.2) is 42.7 Å². The summed E-state index contributed by atoms with van der Waals surface area (Å²) in [5.74, 6) is 1.14. The SMILES string of the molecule is O=C(C(c1ccccc1)N1CCCC1)N1CCC[C@H]1c1ncc[nH]1. The van der Waals surface area contributed by atoms with Crippen molar-refractivity contribution in [2.75, 3.05) is 19.6 Å². The van der Waals surface area contributed by atoms with Crippen LogP contribution in [0.4, 0.5) is 0 Å². The molecule has 3 heterocycles. The summed E-state index contributed by atoms with van der Waals surface area (Å²) >= 11 is 0. The van der Waals surface area contributed by atoms with Crippen LogP contribution in [0.5, 0.6) is 0 Å². The zero-order chi connectivity index (χ0) is 16.4. The summed E-state index contributed by atoms with van der Waals surface area (Å²) in [5, 5.41) is 0. The zero-order valence-electron chi connectivity index (χ0n) is 13.9. The van der Waals surface area contributed by atoms with Crippen LogP contribution in [-0.4, -0.2) is 45.3 Å². The molecule has 24 heavy (non-hydrogen) atoms. The second-order valence-corrected chi connectivity index (χ2v) is 6.72. The first-order chi connectivity index (χ1) is 11.8. The van der Waals surface area contributed by atoms with Crippen molar-refractivity contribution < 1.29 is 4.79 Å². The summed E-state index contributed by atoms with van der Waals surface area (Å²) in [6.45, 7) is 2.83. The minimum absolute atomic E-state index is 0.0846. The molecule has 126 valence electrons. The van der Waals surface area contributed by atoms with E-state index < -0.39 is 0 Å². The van der Waals surface area contributed by atoms with E-state index in [2.05, 4.69) is 27.0 Å². The molecule has 0 saturated carbocycles. The maximum atomic E-state index is 13.5. The van der Waals surface area contributed by atoms with E-state index in [-0.39, 0.29) is 18.0 Å². The standard InChI is InChI=1S/C19H24N4O/c24-19(23-14-6-9-16(23)18-20-10-11-21-18)17(22-12-4-5-13-22)15-7-2-1-3-8-15/h1-3,7-8,10-11,16-17H,4-6,9,12-14H2,(H,20,21)/t16-,17?/m0/s1. The van der Waals surface area contributed by atoms with E-state index in [0.717, 1.165) is 43.9 Å². The molecule has 1 unspecified atom stereocenters. The number of carbonyl (C=O) groups excluding carboxylic acids is 1. The Morgan fingerprint density at radius 2 is 1.92 bits per heavy atom. The van der Waals surface area contributed by atoms with Gasteiger partial charge in [-0.1, -0.05) is 30.3 Å². The molecule has 2 aliphatic heterocycles. The maximum Gasteiger partial charge on any atom is 0.245 e. The average Bonchev–Trinajstić information content (AvgIpc) is 3.37. The van der Waals surface area contributed by atoms with E-state index in [1.165, 1.54) is 12.8 Å². The molecule has 5 nitrogen and oxygen atoms in total. The molecule has 0 bridgehead atoms. The third-order valence-corrected chi connectivity index (χ3v) is 5.23. The Morgan fingerprint density at radius 3 is 2.62 bits per heavy atom. The van der Waals surface area contributed by atoms with Crippen LogP contribution in [0.2, 0.25) is 0 Å². The number of carbonyl (C=O) groups is 1. The molecule has 1 aromatic carbocycles. The van der Waals surface area contributed by atoms with Crippen LogP contribution in [0.1, 0.15) is 49.2 Å². The molecule has 0 spiro atoms. The second kappa shape index (κ2) is 6.77. The lowest BCUT2D eigenvalue weighted by Crippen LogP contribution is -2.42. The van der Waals surface area contributed by atoms with Crippen LogP contribution < -0.4 is 0 Å². The smallest absolute Gasteiger partial charge is 0.245 e. The normalized spacial score (nSPS) is 22.8. The van der Waals surface area contributed by atoms with E-state index in [1.54, 1.807) is 6.20 Å². The van der Waals surface area contributed by atoms with Crippen molar-refractivity contribution in [3.8, 4) is 0 Å². The van der Waals surface area contributed by atoms with Gasteiger partial charge in [0.05, 0.1) is 6.04 Å². The van der Waals surface area contributed by atoms with E-state index in [0.29, 0.717) is 0 Å². The number of aromatic amines is 1. The van der Waals surface area contributed by atoms with Crippen molar-refractivity contribution in [1.82, 2.24) is 19.8 Å². The predicted octanol–water partition coefficient (Wildman–Crippen LogP) is 2.91. The molecule has 0 radical (unpaired) electrons. The first-order valence-electron chi connectivity index (χ1n) is 8.93. The average molecular weight is 324 g/mol. The van der Waals surface area contributed by atoms with Gasteiger partial charge in [0.25, 0.3) is 0 Å². The number of benzene rings is 1. The molecule has 1 aromatic heterocycles. The van der Waals surface area contributed by atoms with Gasteiger partial charge in [0.15, 0.2) is 0 Å². The first kappa shape index (κ1) is 15.4. The number of rotatable bonds is 4. The van der Waals surface area contributed by atoms with Gasteiger partial charge in [-0.25, -0.2) is 4.98 Å². The zero-order valence-corrected chi connectivity index (χ0v) is 13.9. The Morgan fingerprint density at radius 1 is 1.12 bits per heavy atom. The number of nitrogens with zero attached hydrogens (tertiary/aromatic N) is 3. The van der Waals surface area contributed by atoms with Crippen molar-refractivity contribution in [1.29, 1.82) is 0 Å². The molecule has 1 N–H and O–H groups in total. The molecule has 1 amide bonds. The van der Waals surface area contributed by atoms with Gasteiger partial charge in [0, 0.05) is 18.9 Å². The highest BCUT2D eigenvalue weighted by Gasteiger charge is 2.38. The summed E-state index contributed by atoms with van der Waals surface area (Å²) < 4.78 is 0. The minimum atomic E-state index is -0.163. The van der Waals surface area contributed by atoms with E-state index >= 15 is 0 Å². The van der Waals surface area contributed by atoms with Gasteiger partial charge in [-0.2, -0.15) is 0 Å². The van der Waals surface area contributed by atoms with E-state index in [4.69, 9.17) is 0 Å². The molecular formula is C19H24N4O. The summed E-state index contributed by atoms with van der Waals surface area (Å²) in [6, 6.07) is 10.2. The lowest BCUT2D eigenvalue weighted by atomic mass is 10.0. The molecule has 2 aromatic rings. The van der Waals surface area contributed by atoms with Crippen molar-refractivity contribution >= 4 is 5.91 Å². The second-order valence-electron chi connectivity index (χ2n) is 6.72. The number of nitrogens with one attached hydrogen (secondary N) is 1.